The minimum atomic E-state index is -0.200. The summed E-state index contributed by atoms with van der Waals surface area (Å²) in [6.07, 6.45) is 3.35. The van der Waals surface area contributed by atoms with Gasteiger partial charge in [0.15, 0.2) is 0 Å². The van der Waals surface area contributed by atoms with Crippen molar-refractivity contribution in [3.8, 4) is 6.07 Å². The summed E-state index contributed by atoms with van der Waals surface area (Å²) in [5.74, 6) is -0.200. The van der Waals surface area contributed by atoms with Crippen molar-refractivity contribution in [1.29, 1.82) is 5.26 Å². The monoisotopic (exact) mass is 231 g/mol. The number of carbonyl (C=O) groups excluding carboxylic acids is 1. The highest BCUT2D eigenvalue weighted by Crippen LogP contribution is 2.22. The molecule has 0 bridgehead atoms. The lowest BCUT2D eigenvalue weighted by Crippen LogP contribution is -2.47. The molecule has 0 spiro atoms. The van der Waals surface area contributed by atoms with Crippen molar-refractivity contribution in [2.24, 2.45) is 0 Å². The molecule has 0 unspecified atom stereocenters. The molecule has 1 aromatic heterocycles. The molecule has 1 saturated carbocycles. The zero-order chi connectivity index (χ0) is 12.3. The van der Waals surface area contributed by atoms with Gasteiger partial charge in [-0.2, -0.15) is 5.26 Å². The molecule has 0 saturated heterocycles. The number of carbonyl (C=O) groups is 1. The average Bonchev–Trinajstić information content (AvgIpc) is 2.33. The summed E-state index contributed by atoms with van der Waals surface area (Å²) >= 11 is 0. The van der Waals surface area contributed by atoms with Gasteiger partial charge in [-0.15, -0.1) is 0 Å². The standard InChI is InChI=1S/C12H13N3O2/c1-17-10-4-9(5-10)15-12(16)11-3-2-8(6-13)7-14-11/h2-3,7,9-10H,4-5H2,1H3,(H,15,16). The van der Waals surface area contributed by atoms with E-state index >= 15 is 0 Å². The van der Waals surface area contributed by atoms with Gasteiger partial charge in [0, 0.05) is 19.3 Å². The van der Waals surface area contributed by atoms with Gasteiger partial charge in [-0.25, -0.2) is 4.98 Å². The molecule has 1 aromatic rings. The van der Waals surface area contributed by atoms with E-state index in [1.165, 1.54) is 6.20 Å². The number of rotatable bonds is 3. The number of ether oxygens (including phenoxy) is 1. The van der Waals surface area contributed by atoms with E-state index in [0.29, 0.717) is 11.3 Å². The van der Waals surface area contributed by atoms with Crippen molar-refractivity contribution in [1.82, 2.24) is 10.3 Å². The van der Waals surface area contributed by atoms with Gasteiger partial charge in [-0.3, -0.25) is 4.79 Å². The molecule has 1 aliphatic carbocycles. The van der Waals surface area contributed by atoms with Crippen molar-refractivity contribution in [2.75, 3.05) is 7.11 Å². The number of nitrogens with zero attached hydrogens (tertiary/aromatic N) is 2. The number of nitriles is 1. The minimum absolute atomic E-state index is 0.171. The number of amides is 1. The van der Waals surface area contributed by atoms with Gasteiger partial charge in [-0.1, -0.05) is 0 Å². The van der Waals surface area contributed by atoms with Crippen LogP contribution in [0.2, 0.25) is 0 Å². The third-order valence-electron chi connectivity index (χ3n) is 2.89. The molecule has 2 rings (SSSR count). The number of methoxy groups -OCH3 is 1. The van der Waals surface area contributed by atoms with Gasteiger partial charge >= 0.3 is 0 Å². The van der Waals surface area contributed by atoms with Crippen molar-refractivity contribution in [3.63, 3.8) is 0 Å². The molecule has 5 nitrogen and oxygen atoms in total. The highest BCUT2D eigenvalue weighted by Gasteiger charge is 2.30. The predicted octanol–water partition coefficient (Wildman–Crippen LogP) is 0.860. The molecule has 0 atom stereocenters. The predicted molar refractivity (Wildman–Crippen MR) is 60.2 cm³/mol. The Hall–Kier alpha value is -1.93. The molecule has 1 amide bonds. The largest absolute Gasteiger partial charge is 0.381 e. The van der Waals surface area contributed by atoms with Crippen LogP contribution in [0.5, 0.6) is 0 Å². The van der Waals surface area contributed by atoms with E-state index in [4.69, 9.17) is 10.00 Å². The SMILES string of the molecule is COC1CC(NC(=O)c2ccc(C#N)cn2)C1. The second kappa shape index (κ2) is 4.93. The first-order chi connectivity index (χ1) is 8.22. The van der Waals surface area contributed by atoms with Crippen molar-refractivity contribution >= 4 is 5.91 Å². The zero-order valence-electron chi connectivity index (χ0n) is 9.51. The van der Waals surface area contributed by atoms with E-state index in [9.17, 15) is 4.79 Å². The van der Waals surface area contributed by atoms with Crippen molar-refractivity contribution < 1.29 is 9.53 Å². The second-order valence-corrected chi connectivity index (χ2v) is 4.04. The summed E-state index contributed by atoms with van der Waals surface area (Å²) in [5.41, 5.74) is 0.787. The van der Waals surface area contributed by atoms with Gasteiger partial charge in [0.25, 0.3) is 5.91 Å². The Balaban J connectivity index is 1.90. The van der Waals surface area contributed by atoms with Crippen LogP contribution in [-0.2, 0) is 4.74 Å². The fraction of sp³-hybridized carbons (Fsp3) is 0.417. The highest BCUT2D eigenvalue weighted by atomic mass is 16.5. The molecule has 17 heavy (non-hydrogen) atoms. The lowest BCUT2D eigenvalue weighted by atomic mass is 9.89. The first-order valence-electron chi connectivity index (χ1n) is 5.42. The first kappa shape index (κ1) is 11.6. The lowest BCUT2D eigenvalue weighted by molar-refractivity contribution is 0.0175. The van der Waals surface area contributed by atoms with Crippen LogP contribution < -0.4 is 5.32 Å². The zero-order valence-corrected chi connectivity index (χ0v) is 9.51. The Labute approximate surface area is 99.4 Å². The van der Waals surface area contributed by atoms with Gasteiger partial charge < -0.3 is 10.1 Å². The molecular formula is C12H13N3O2. The quantitative estimate of drug-likeness (QED) is 0.837. The third kappa shape index (κ3) is 2.60. The molecule has 1 N–H and O–H groups in total. The van der Waals surface area contributed by atoms with Gasteiger partial charge in [-0.05, 0) is 25.0 Å². The first-order valence-corrected chi connectivity index (χ1v) is 5.42. The summed E-state index contributed by atoms with van der Waals surface area (Å²) in [6.45, 7) is 0. The van der Waals surface area contributed by atoms with Crippen LogP contribution in [0.25, 0.3) is 0 Å². The highest BCUT2D eigenvalue weighted by molar-refractivity contribution is 5.92. The second-order valence-electron chi connectivity index (χ2n) is 4.04. The molecular weight excluding hydrogens is 218 g/mol. The molecule has 1 fully saturated rings. The van der Waals surface area contributed by atoms with Crippen molar-refractivity contribution in [3.05, 3.63) is 29.6 Å². The molecule has 88 valence electrons. The molecule has 1 heterocycles. The normalized spacial score (nSPS) is 22.4. The number of nitrogens with one attached hydrogen (secondary N) is 1. The van der Waals surface area contributed by atoms with Crippen molar-refractivity contribution in [2.45, 2.75) is 25.0 Å². The maximum Gasteiger partial charge on any atom is 0.270 e. The summed E-state index contributed by atoms with van der Waals surface area (Å²) in [7, 11) is 1.67. The summed E-state index contributed by atoms with van der Waals surface area (Å²) in [4.78, 5) is 15.7. The molecule has 0 aliphatic heterocycles. The summed E-state index contributed by atoms with van der Waals surface area (Å²) in [5, 5.41) is 11.5. The van der Waals surface area contributed by atoms with Gasteiger partial charge in [0.1, 0.15) is 11.8 Å². The minimum Gasteiger partial charge on any atom is -0.381 e. The van der Waals surface area contributed by atoms with Gasteiger partial charge in [0.2, 0.25) is 0 Å². The Kier molecular flexibility index (Phi) is 3.35. The van der Waals surface area contributed by atoms with Crippen LogP contribution in [0, 0.1) is 11.3 Å². The Morgan fingerprint density at radius 3 is 2.88 bits per heavy atom. The maximum atomic E-state index is 11.7. The van der Waals surface area contributed by atoms with Crippen LogP contribution in [0.3, 0.4) is 0 Å². The molecule has 1 aliphatic rings. The topological polar surface area (TPSA) is 75.0 Å². The molecule has 0 aromatic carbocycles. The van der Waals surface area contributed by atoms with Crippen LogP contribution in [-0.4, -0.2) is 30.1 Å². The Morgan fingerprint density at radius 2 is 2.35 bits per heavy atom. The number of pyridine rings is 1. The van der Waals surface area contributed by atoms with Crippen LogP contribution in [0.15, 0.2) is 18.3 Å². The van der Waals surface area contributed by atoms with E-state index in [1.54, 1.807) is 19.2 Å². The Bertz CT molecular complexity index is 444. The van der Waals surface area contributed by atoms with E-state index in [-0.39, 0.29) is 18.1 Å². The van der Waals surface area contributed by atoms with E-state index in [1.807, 2.05) is 6.07 Å². The fourth-order valence-electron chi connectivity index (χ4n) is 1.73. The maximum absolute atomic E-state index is 11.7. The summed E-state index contributed by atoms with van der Waals surface area (Å²) < 4.78 is 5.13. The van der Waals surface area contributed by atoms with Crippen LogP contribution in [0.4, 0.5) is 0 Å². The number of hydrogen-bond donors (Lipinski definition) is 1. The van der Waals surface area contributed by atoms with Crippen LogP contribution in [0.1, 0.15) is 28.9 Å². The van der Waals surface area contributed by atoms with Crippen LogP contribution >= 0.6 is 0 Å². The number of aromatic nitrogens is 1. The van der Waals surface area contributed by atoms with E-state index in [0.717, 1.165) is 12.8 Å². The third-order valence-corrected chi connectivity index (χ3v) is 2.89. The Morgan fingerprint density at radius 1 is 1.59 bits per heavy atom. The molecule has 0 radical (unpaired) electrons. The van der Waals surface area contributed by atoms with Gasteiger partial charge in [0.05, 0.1) is 11.7 Å². The lowest BCUT2D eigenvalue weighted by Gasteiger charge is -2.34. The average molecular weight is 231 g/mol. The van der Waals surface area contributed by atoms with E-state index < -0.39 is 0 Å². The van der Waals surface area contributed by atoms with E-state index in [2.05, 4.69) is 10.3 Å². The summed E-state index contributed by atoms with van der Waals surface area (Å²) in [6, 6.07) is 5.27. The fourth-order valence-corrected chi connectivity index (χ4v) is 1.73. The number of hydrogen-bond acceptors (Lipinski definition) is 4. The molecule has 5 heteroatoms. The smallest absolute Gasteiger partial charge is 0.270 e.